The van der Waals surface area contributed by atoms with E-state index in [1.807, 2.05) is 0 Å². The summed E-state index contributed by atoms with van der Waals surface area (Å²) in [6.45, 7) is 3.86. The zero-order valence-electron chi connectivity index (χ0n) is 9.62. The maximum absolute atomic E-state index is 11.9. The second kappa shape index (κ2) is 4.94. The van der Waals surface area contributed by atoms with Crippen molar-refractivity contribution in [2.24, 2.45) is 11.7 Å². The summed E-state index contributed by atoms with van der Waals surface area (Å²) in [6, 6.07) is -0.213. The van der Waals surface area contributed by atoms with Gasteiger partial charge in [0.1, 0.15) is 0 Å². The molecule has 4 nitrogen and oxygen atoms in total. The number of rotatable bonds is 3. The van der Waals surface area contributed by atoms with Crippen molar-refractivity contribution in [1.29, 1.82) is 0 Å². The summed E-state index contributed by atoms with van der Waals surface area (Å²) in [7, 11) is 0. The fourth-order valence-electron chi connectivity index (χ4n) is 2.21. The average Bonchev–Trinajstić information content (AvgIpc) is 2.17. The monoisotopic (exact) mass is 214 g/mol. The first-order valence-electron chi connectivity index (χ1n) is 5.68. The van der Waals surface area contributed by atoms with Gasteiger partial charge in [-0.05, 0) is 25.7 Å². The van der Waals surface area contributed by atoms with E-state index in [1.54, 1.807) is 6.92 Å². The van der Waals surface area contributed by atoms with Crippen molar-refractivity contribution in [2.75, 3.05) is 6.61 Å². The molecule has 1 saturated carbocycles. The lowest BCUT2D eigenvalue weighted by molar-refractivity contribution is -0.129. The van der Waals surface area contributed by atoms with Crippen LogP contribution in [0.4, 0.5) is 0 Å². The van der Waals surface area contributed by atoms with E-state index < -0.39 is 5.54 Å². The standard InChI is InChI=1S/C11H22N2O2/c1-8-4-3-5-11(12,6-8)10(15)13-9(2)7-14/h8-9,14H,3-7,12H2,1-2H3,(H,13,15)/t8?,9-,11?/m0/s1. The minimum absolute atomic E-state index is 0.0443. The predicted octanol–water partition coefficient (Wildman–Crippen LogP) is 0.391. The van der Waals surface area contributed by atoms with Crippen LogP contribution >= 0.6 is 0 Å². The normalized spacial score (nSPS) is 33.5. The smallest absolute Gasteiger partial charge is 0.240 e. The third kappa shape index (κ3) is 3.18. The summed E-state index contributed by atoms with van der Waals surface area (Å²) in [5.74, 6) is 0.398. The van der Waals surface area contributed by atoms with Gasteiger partial charge in [0.15, 0.2) is 0 Å². The summed E-state index contributed by atoms with van der Waals surface area (Å²) in [6.07, 6.45) is 3.67. The molecule has 1 aliphatic rings. The largest absolute Gasteiger partial charge is 0.394 e. The van der Waals surface area contributed by atoms with Crippen LogP contribution in [0.3, 0.4) is 0 Å². The third-order valence-electron chi connectivity index (χ3n) is 3.14. The van der Waals surface area contributed by atoms with Crippen molar-refractivity contribution >= 4 is 5.91 Å². The molecule has 0 saturated heterocycles. The molecule has 4 N–H and O–H groups in total. The van der Waals surface area contributed by atoms with Crippen LogP contribution < -0.4 is 11.1 Å². The van der Waals surface area contributed by atoms with E-state index in [0.29, 0.717) is 5.92 Å². The highest BCUT2D eigenvalue weighted by molar-refractivity contribution is 5.86. The molecule has 0 aromatic heterocycles. The predicted molar refractivity (Wildman–Crippen MR) is 59.2 cm³/mol. The van der Waals surface area contributed by atoms with Gasteiger partial charge in [0, 0.05) is 6.04 Å². The Hall–Kier alpha value is -0.610. The number of carbonyl (C=O) groups excluding carboxylic acids is 1. The summed E-state index contributed by atoms with van der Waals surface area (Å²) in [5.41, 5.74) is 5.38. The molecule has 0 aromatic carbocycles. The van der Waals surface area contributed by atoms with E-state index in [9.17, 15) is 4.79 Å². The zero-order chi connectivity index (χ0) is 11.5. The highest BCUT2D eigenvalue weighted by atomic mass is 16.3. The van der Waals surface area contributed by atoms with E-state index >= 15 is 0 Å². The molecule has 1 amide bonds. The fourth-order valence-corrected chi connectivity index (χ4v) is 2.21. The van der Waals surface area contributed by atoms with E-state index in [2.05, 4.69) is 12.2 Å². The second-order valence-electron chi connectivity index (χ2n) is 4.91. The van der Waals surface area contributed by atoms with E-state index in [4.69, 9.17) is 10.8 Å². The van der Waals surface area contributed by atoms with Crippen molar-refractivity contribution in [1.82, 2.24) is 5.32 Å². The van der Waals surface area contributed by atoms with Crippen LogP contribution in [0.1, 0.15) is 39.5 Å². The summed E-state index contributed by atoms with van der Waals surface area (Å²) in [4.78, 5) is 11.9. The molecule has 0 aromatic rings. The maximum Gasteiger partial charge on any atom is 0.240 e. The van der Waals surface area contributed by atoms with Crippen LogP contribution in [0, 0.1) is 5.92 Å². The first-order chi connectivity index (χ1) is 6.98. The highest BCUT2D eigenvalue weighted by Gasteiger charge is 2.38. The summed E-state index contributed by atoms with van der Waals surface area (Å²) >= 11 is 0. The number of nitrogens with two attached hydrogens (primary N) is 1. The Morgan fingerprint density at radius 3 is 2.93 bits per heavy atom. The third-order valence-corrected chi connectivity index (χ3v) is 3.14. The molecule has 3 atom stereocenters. The number of hydrogen-bond acceptors (Lipinski definition) is 3. The quantitative estimate of drug-likeness (QED) is 0.636. The minimum Gasteiger partial charge on any atom is -0.394 e. The summed E-state index contributed by atoms with van der Waals surface area (Å²) < 4.78 is 0. The van der Waals surface area contributed by atoms with Crippen LogP contribution in [-0.4, -0.2) is 29.2 Å². The minimum atomic E-state index is -0.721. The molecule has 0 aliphatic heterocycles. The van der Waals surface area contributed by atoms with Gasteiger partial charge in [-0.1, -0.05) is 19.8 Å². The molecule has 1 aliphatic carbocycles. The first-order valence-corrected chi connectivity index (χ1v) is 5.68. The molecule has 15 heavy (non-hydrogen) atoms. The van der Waals surface area contributed by atoms with Crippen molar-refractivity contribution in [3.63, 3.8) is 0 Å². The Morgan fingerprint density at radius 2 is 2.40 bits per heavy atom. The van der Waals surface area contributed by atoms with Crippen molar-refractivity contribution in [3.8, 4) is 0 Å². The Balaban J connectivity index is 2.56. The Bertz CT molecular complexity index is 233. The van der Waals surface area contributed by atoms with E-state index in [0.717, 1.165) is 25.7 Å². The maximum atomic E-state index is 11.9. The second-order valence-corrected chi connectivity index (χ2v) is 4.91. The lowest BCUT2D eigenvalue weighted by Crippen LogP contribution is -2.58. The number of carbonyl (C=O) groups is 1. The van der Waals surface area contributed by atoms with Crippen molar-refractivity contribution in [3.05, 3.63) is 0 Å². The average molecular weight is 214 g/mol. The molecule has 0 bridgehead atoms. The number of hydrogen-bond donors (Lipinski definition) is 3. The number of aliphatic hydroxyl groups is 1. The molecule has 0 heterocycles. The van der Waals surface area contributed by atoms with Crippen molar-refractivity contribution < 1.29 is 9.90 Å². The van der Waals surface area contributed by atoms with Gasteiger partial charge in [0.2, 0.25) is 5.91 Å². The molecule has 88 valence electrons. The summed E-state index contributed by atoms with van der Waals surface area (Å²) in [5, 5.41) is 11.6. The molecule has 0 radical (unpaired) electrons. The van der Waals surface area contributed by atoms with Crippen LogP contribution in [0.2, 0.25) is 0 Å². The van der Waals surface area contributed by atoms with Crippen molar-refractivity contribution in [2.45, 2.75) is 51.1 Å². The van der Waals surface area contributed by atoms with Gasteiger partial charge in [0.25, 0.3) is 0 Å². The lowest BCUT2D eigenvalue weighted by Gasteiger charge is -2.36. The van der Waals surface area contributed by atoms with Gasteiger partial charge in [-0.15, -0.1) is 0 Å². The van der Waals surface area contributed by atoms with Gasteiger partial charge in [-0.2, -0.15) is 0 Å². The number of aliphatic hydroxyl groups excluding tert-OH is 1. The molecule has 0 spiro atoms. The van der Waals surface area contributed by atoms with Gasteiger partial charge in [-0.25, -0.2) is 0 Å². The van der Waals surface area contributed by atoms with E-state index in [-0.39, 0.29) is 18.6 Å². The van der Waals surface area contributed by atoms with Gasteiger partial charge in [-0.3, -0.25) is 4.79 Å². The molecule has 1 fully saturated rings. The Labute approximate surface area is 91.2 Å². The van der Waals surface area contributed by atoms with Crippen LogP contribution in [-0.2, 0) is 4.79 Å². The van der Waals surface area contributed by atoms with Gasteiger partial charge < -0.3 is 16.2 Å². The number of amides is 1. The molecule has 2 unspecified atom stereocenters. The Kier molecular flexibility index (Phi) is 4.11. The van der Waals surface area contributed by atoms with Crippen LogP contribution in [0.25, 0.3) is 0 Å². The van der Waals surface area contributed by atoms with Gasteiger partial charge >= 0.3 is 0 Å². The molecular weight excluding hydrogens is 192 g/mol. The highest BCUT2D eigenvalue weighted by Crippen LogP contribution is 2.30. The molecule has 1 rings (SSSR count). The van der Waals surface area contributed by atoms with Crippen LogP contribution in [0.5, 0.6) is 0 Å². The van der Waals surface area contributed by atoms with E-state index in [1.165, 1.54) is 0 Å². The SMILES string of the molecule is CC1CCCC(N)(C(=O)N[C@@H](C)CO)C1. The Morgan fingerprint density at radius 1 is 1.73 bits per heavy atom. The van der Waals surface area contributed by atoms with Gasteiger partial charge in [0.05, 0.1) is 12.1 Å². The number of nitrogens with one attached hydrogen (secondary N) is 1. The molecule has 4 heteroatoms. The lowest BCUT2D eigenvalue weighted by atomic mass is 9.76. The molecular formula is C11H22N2O2. The fraction of sp³-hybridized carbons (Fsp3) is 0.909. The van der Waals surface area contributed by atoms with Crippen LogP contribution in [0.15, 0.2) is 0 Å². The topological polar surface area (TPSA) is 75.4 Å². The zero-order valence-corrected chi connectivity index (χ0v) is 9.62. The first kappa shape index (κ1) is 12.5.